The van der Waals surface area contributed by atoms with Crippen molar-refractivity contribution in [3.63, 3.8) is 0 Å². The predicted molar refractivity (Wildman–Crippen MR) is 125 cm³/mol. The highest BCUT2D eigenvalue weighted by Crippen LogP contribution is 2.60. The van der Waals surface area contributed by atoms with Gasteiger partial charge >= 0.3 is 0 Å². The summed E-state index contributed by atoms with van der Waals surface area (Å²) in [7, 11) is 0. The number of halogens is 1. The highest BCUT2D eigenvalue weighted by atomic mass is 35.5. The number of amides is 1. The topological polar surface area (TPSA) is 41.1 Å². The average molecular weight is 431 g/mol. The quantitative estimate of drug-likeness (QED) is 0.567. The zero-order valence-electron chi connectivity index (χ0n) is 18.6. The maximum absolute atomic E-state index is 12.7. The van der Waals surface area contributed by atoms with Crippen molar-refractivity contribution in [3.8, 4) is 0 Å². The molecule has 4 heteroatoms. The minimum Gasteiger partial charge on any atom is -0.353 e. The van der Waals surface area contributed by atoms with Crippen LogP contribution < -0.4 is 10.6 Å². The van der Waals surface area contributed by atoms with Gasteiger partial charge in [-0.25, -0.2) is 0 Å². The first-order valence-electron chi connectivity index (χ1n) is 12.2. The first-order valence-corrected chi connectivity index (χ1v) is 12.7. The molecule has 1 aromatic carbocycles. The summed E-state index contributed by atoms with van der Waals surface area (Å²) in [4.78, 5) is 12.7. The lowest BCUT2D eigenvalue weighted by Crippen LogP contribution is -2.49. The third-order valence-corrected chi connectivity index (χ3v) is 8.59. The van der Waals surface area contributed by atoms with Gasteiger partial charge < -0.3 is 10.6 Å². The molecule has 1 amide bonds. The summed E-state index contributed by atoms with van der Waals surface area (Å²) in [5.74, 6) is 2.15. The van der Waals surface area contributed by atoms with Crippen LogP contribution >= 0.6 is 11.6 Å². The van der Waals surface area contributed by atoms with Crippen LogP contribution in [0.1, 0.15) is 76.7 Å². The van der Waals surface area contributed by atoms with E-state index in [0.29, 0.717) is 29.7 Å². The molecule has 4 rings (SSSR count). The Balaban J connectivity index is 1.43. The van der Waals surface area contributed by atoms with Gasteiger partial charge in [0.15, 0.2) is 0 Å². The number of carbonyl (C=O) groups excluding carboxylic acids is 1. The number of hydrogen-bond acceptors (Lipinski definition) is 2. The zero-order chi connectivity index (χ0) is 21.0. The van der Waals surface area contributed by atoms with Crippen LogP contribution in [-0.2, 0) is 10.2 Å². The van der Waals surface area contributed by atoms with Crippen molar-refractivity contribution < 1.29 is 4.79 Å². The standard InChI is InChI=1S/C26H39ClN2O/c1-20-18-28-15-10-23(20)29-24(30)9-8-21-16-25(13-14-27)11-5-12-26(17-21,19-25)22-6-3-2-4-7-22/h2-4,6-7,20-21,23,28H,5,8-19H2,1H3,(H,29,30)/t20?,21?,23?,25-,26+/m0/s1. The van der Waals surface area contributed by atoms with E-state index in [4.69, 9.17) is 11.6 Å². The van der Waals surface area contributed by atoms with Crippen LogP contribution in [0.15, 0.2) is 30.3 Å². The van der Waals surface area contributed by atoms with Gasteiger partial charge in [0.25, 0.3) is 0 Å². The lowest BCUT2D eigenvalue weighted by atomic mass is 9.49. The number of piperidine rings is 1. The average Bonchev–Trinajstić information content (AvgIpc) is 2.74. The molecule has 3 unspecified atom stereocenters. The fourth-order valence-corrected chi connectivity index (χ4v) is 7.40. The Labute approximate surface area is 187 Å². The van der Waals surface area contributed by atoms with Crippen molar-refractivity contribution in [2.24, 2.45) is 17.3 Å². The van der Waals surface area contributed by atoms with E-state index in [9.17, 15) is 4.79 Å². The molecular formula is C26H39ClN2O. The molecule has 3 aliphatic rings. The predicted octanol–water partition coefficient (Wildman–Crippen LogP) is 5.42. The van der Waals surface area contributed by atoms with Crippen molar-refractivity contribution in [1.29, 1.82) is 0 Å². The second kappa shape index (κ2) is 9.61. The van der Waals surface area contributed by atoms with Gasteiger partial charge in [0.05, 0.1) is 0 Å². The molecule has 0 radical (unpaired) electrons. The summed E-state index contributed by atoms with van der Waals surface area (Å²) < 4.78 is 0. The number of rotatable bonds is 7. The van der Waals surface area contributed by atoms with Crippen LogP contribution in [0.4, 0.5) is 0 Å². The zero-order valence-corrected chi connectivity index (χ0v) is 19.4. The van der Waals surface area contributed by atoms with Crippen molar-refractivity contribution in [2.75, 3.05) is 19.0 Å². The number of carbonyl (C=O) groups is 1. The van der Waals surface area contributed by atoms with E-state index in [1.165, 1.54) is 44.1 Å². The van der Waals surface area contributed by atoms with Crippen LogP contribution in [0.25, 0.3) is 0 Å². The van der Waals surface area contributed by atoms with Crippen molar-refractivity contribution in [3.05, 3.63) is 35.9 Å². The molecule has 2 saturated carbocycles. The molecule has 0 aromatic heterocycles. The minimum absolute atomic E-state index is 0.254. The Morgan fingerprint density at radius 2 is 2.07 bits per heavy atom. The monoisotopic (exact) mass is 430 g/mol. The van der Waals surface area contributed by atoms with Crippen LogP contribution in [0.5, 0.6) is 0 Å². The Kier molecular flexibility index (Phi) is 7.09. The number of nitrogens with one attached hydrogen (secondary N) is 2. The number of fused-ring (bicyclic) bond motifs is 2. The summed E-state index contributed by atoms with van der Waals surface area (Å²) in [6, 6.07) is 11.5. The molecule has 166 valence electrons. The molecule has 2 N–H and O–H groups in total. The lowest BCUT2D eigenvalue weighted by molar-refractivity contribution is -0.122. The van der Waals surface area contributed by atoms with E-state index in [2.05, 4.69) is 47.9 Å². The van der Waals surface area contributed by atoms with Crippen LogP contribution in [0, 0.1) is 17.3 Å². The summed E-state index contributed by atoms with van der Waals surface area (Å²) in [5, 5.41) is 6.75. The summed E-state index contributed by atoms with van der Waals surface area (Å²) >= 11 is 6.29. The highest BCUT2D eigenvalue weighted by Gasteiger charge is 2.50. The van der Waals surface area contributed by atoms with Gasteiger partial charge in [-0.3, -0.25) is 4.79 Å². The maximum atomic E-state index is 12.7. The molecule has 0 spiro atoms. The lowest BCUT2D eigenvalue weighted by Gasteiger charge is -2.55. The molecule has 2 aliphatic carbocycles. The fraction of sp³-hybridized carbons (Fsp3) is 0.731. The summed E-state index contributed by atoms with van der Waals surface area (Å²) in [6.45, 7) is 4.26. The Morgan fingerprint density at radius 1 is 1.23 bits per heavy atom. The third-order valence-electron chi connectivity index (χ3n) is 8.40. The molecule has 3 fully saturated rings. The second-order valence-electron chi connectivity index (χ2n) is 10.6. The van der Waals surface area contributed by atoms with Crippen molar-refractivity contribution in [1.82, 2.24) is 10.6 Å². The molecule has 1 aliphatic heterocycles. The number of hydrogen-bond donors (Lipinski definition) is 2. The molecule has 2 bridgehead atoms. The summed E-state index contributed by atoms with van der Waals surface area (Å²) in [5.41, 5.74) is 2.18. The van der Waals surface area contributed by atoms with Gasteiger partial charge in [0, 0.05) is 18.3 Å². The Morgan fingerprint density at radius 3 is 2.83 bits per heavy atom. The molecular weight excluding hydrogens is 392 g/mol. The van der Waals surface area contributed by atoms with Gasteiger partial charge in [-0.1, -0.05) is 43.7 Å². The van der Waals surface area contributed by atoms with E-state index in [1.54, 1.807) is 0 Å². The van der Waals surface area contributed by atoms with Gasteiger partial charge in [0.1, 0.15) is 0 Å². The molecule has 1 heterocycles. The molecule has 30 heavy (non-hydrogen) atoms. The minimum atomic E-state index is 0.254. The van der Waals surface area contributed by atoms with E-state index < -0.39 is 0 Å². The van der Waals surface area contributed by atoms with Crippen molar-refractivity contribution in [2.45, 2.75) is 82.6 Å². The van der Waals surface area contributed by atoms with E-state index in [1.807, 2.05) is 0 Å². The van der Waals surface area contributed by atoms with Crippen LogP contribution in [0.3, 0.4) is 0 Å². The van der Waals surface area contributed by atoms with Gasteiger partial charge in [-0.15, -0.1) is 11.6 Å². The Bertz CT molecular complexity index is 706. The van der Waals surface area contributed by atoms with E-state index in [-0.39, 0.29) is 11.3 Å². The van der Waals surface area contributed by atoms with Crippen LogP contribution in [0.2, 0.25) is 0 Å². The first kappa shape index (κ1) is 22.1. The van der Waals surface area contributed by atoms with Gasteiger partial charge in [-0.05, 0) is 92.7 Å². The maximum Gasteiger partial charge on any atom is 0.220 e. The normalized spacial score (nSPS) is 36.3. The highest BCUT2D eigenvalue weighted by molar-refractivity contribution is 6.17. The first-order chi connectivity index (χ1) is 14.5. The van der Waals surface area contributed by atoms with Gasteiger partial charge in [-0.2, -0.15) is 0 Å². The number of benzene rings is 1. The SMILES string of the molecule is CC1CNCCC1NC(=O)CCC1C[C@@]2(CCCl)CCC[C@@](c3ccccc3)(C1)C2. The summed E-state index contributed by atoms with van der Waals surface area (Å²) in [6.07, 6.45) is 11.5. The Hall–Kier alpha value is -1.06. The molecule has 5 atom stereocenters. The molecule has 1 aromatic rings. The third kappa shape index (κ3) is 4.88. The van der Waals surface area contributed by atoms with Gasteiger partial charge in [0.2, 0.25) is 5.91 Å². The van der Waals surface area contributed by atoms with E-state index >= 15 is 0 Å². The van der Waals surface area contributed by atoms with Crippen molar-refractivity contribution >= 4 is 17.5 Å². The smallest absolute Gasteiger partial charge is 0.220 e. The fourth-order valence-electron chi connectivity index (χ4n) is 7.00. The number of alkyl halides is 1. The largest absolute Gasteiger partial charge is 0.353 e. The second-order valence-corrected chi connectivity index (χ2v) is 11.0. The van der Waals surface area contributed by atoms with Crippen LogP contribution in [-0.4, -0.2) is 30.9 Å². The molecule has 1 saturated heterocycles. The van der Waals surface area contributed by atoms with E-state index in [0.717, 1.165) is 38.2 Å². The molecule has 3 nitrogen and oxygen atoms in total.